The number of anilines is 1. The van der Waals surface area contributed by atoms with E-state index < -0.39 is 14.2 Å². The molecule has 1 unspecified atom stereocenters. The Morgan fingerprint density at radius 2 is 1.45 bits per heavy atom. The van der Waals surface area contributed by atoms with Gasteiger partial charge in [0.2, 0.25) is 0 Å². The first-order valence-electron chi connectivity index (χ1n) is 3.81. The molecule has 12 heteroatoms. The molecule has 1 aromatic carbocycles. The minimum absolute atomic E-state index is 0. The molecule has 0 aliphatic carbocycles. The van der Waals surface area contributed by atoms with Crippen LogP contribution in [-0.2, 0) is 8.53 Å². The van der Waals surface area contributed by atoms with Crippen LogP contribution in [0.15, 0.2) is 24.3 Å². The van der Waals surface area contributed by atoms with E-state index in [2.05, 4.69) is 5.32 Å². The predicted molar refractivity (Wildman–Crippen MR) is 67.1 cm³/mol. The van der Waals surface area contributed by atoms with Crippen molar-refractivity contribution in [1.82, 2.24) is 0 Å². The minimum Gasteiger partial charge on any atom is -0.412 e. The third-order valence-corrected chi connectivity index (χ3v) is 3.51. The minimum atomic E-state index is -5.03. The van der Waals surface area contributed by atoms with Crippen LogP contribution in [0.5, 0.6) is 0 Å². The van der Waals surface area contributed by atoms with Crippen LogP contribution in [0.2, 0.25) is 0 Å². The van der Waals surface area contributed by atoms with Gasteiger partial charge in [0.25, 0.3) is 0 Å². The molecule has 0 saturated carbocycles. The average molecular weight is 371 g/mol. The maximum absolute atomic E-state index is 10.7. The Morgan fingerprint density at radius 3 is 1.70 bits per heavy atom. The van der Waals surface area contributed by atoms with Gasteiger partial charge in [-0.3, -0.25) is 0 Å². The van der Waals surface area contributed by atoms with Crippen LogP contribution in [0.25, 0.3) is 0 Å². The quantitative estimate of drug-likeness (QED) is 0.480. The third kappa shape index (κ3) is 12.8. The zero-order chi connectivity index (χ0) is 10.8. The second-order valence-corrected chi connectivity index (χ2v) is 6.02. The van der Waals surface area contributed by atoms with E-state index in [1.54, 1.807) is 0 Å². The number of carbonyl (C=O) groups is 1. The van der Waals surface area contributed by atoms with Crippen LogP contribution in [0.3, 0.4) is 0 Å². The Morgan fingerprint density at radius 1 is 1.10 bits per heavy atom. The summed E-state index contributed by atoms with van der Waals surface area (Å²) < 4.78 is 30.1. The molecule has 0 fully saturated rings. The zero-order valence-corrected chi connectivity index (χ0v) is 14.8. The summed E-state index contributed by atoms with van der Waals surface area (Å²) in [5, 5.41) is 2.48. The zero-order valence-electron chi connectivity index (χ0n) is 10.9. The van der Waals surface area contributed by atoms with Gasteiger partial charge in [-0.05, 0) is 0 Å². The second-order valence-electron chi connectivity index (χ2n) is 2.75. The number of amides is 1. The number of carbonyl (C=O) groups excluding carboxylic acids is 1. The van der Waals surface area contributed by atoms with Gasteiger partial charge in [0.05, 0.1) is 0 Å². The molecule has 0 saturated heterocycles. The van der Waals surface area contributed by atoms with Crippen LogP contribution in [0, 0.1) is 0 Å². The van der Waals surface area contributed by atoms with Gasteiger partial charge in [0.15, 0.2) is 0 Å². The number of rotatable bonds is 2. The normalized spacial score (nSPS) is 10.2. The molecule has 0 aliphatic rings. The van der Waals surface area contributed by atoms with E-state index in [1.165, 1.54) is 31.2 Å². The van der Waals surface area contributed by atoms with Gasteiger partial charge in [0, 0.05) is 0 Å². The molecule has 10 nitrogen and oxygen atoms in total. The van der Waals surface area contributed by atoms with Crippen LogP contribution in [0.4, 0.5) is 5.69 Å². The van der Waals surface area contributed by atoms with E-state index in [4.69, 9.17) is 4.10 Å². The van der Waals surface area contributed by atoms with Crippen molar-refractivity contribution >= 4 is 30.1 Å². The van der Waals surface area contributed by atoms with Crippen molar-refractivity contribution in [3.05, 3.63) is 24.3 Å². The SMILES string of the molecule is CC(=O)Nc1ccc([As](=O)([O-])O)cc1.O.O.O.O.O.[Na+]. The number of hydrogen-bond acceptors (Lipinski definition) is 3. The second kappa shape index (κ2) is 15.2. The smallest absolute Gasteiger partial charge is 0.412 e. The molecule has 0 aromatic heterocycles. The fourth-order valence-corrected chi connectivity index (χ4v) is 2.04. The van der Waals surface area contributed by atoms with Gasteiger partial charge in [-0.25, -0.2) is 0 Å². The molecular formula is C8H19AsNNaO9. The van der Waals surface area contributed by atoms with Gasteiger partial charge in [0.1, 0.15) is 0 Å². The Hall–Kier alpha value is -0.232. The fraction of sp³-hybridized carbons (Fsp3) is 0.125. The molecule has 0 radical (unpaired) electrons. The first kappa shape index (κ1) is 36.7. The van der Waals surface area contributed by atoms with Crippen molar-refractivity contribution in [3.8, 4) is 0 Å². The third-order valence-electron chi connectivity index (χ3n) is 1.51. The van der Waals surface area contributed by atoms with Crippen molar-refractivity contribution in [1.29, 1.82) is 0 Å². The predicted octanol–water partition coefficient (Wildman–Crippen LogP) is -8.55. The van der Waals surface area contributed by atoms with Crippen molar-refractivity contribution in [2.24, 2.45) is 0 Å². The first-order valence-corrected chi connectivity index (χ1v) is 7.12. The van der Waals surface area contributed by atoms with E-state index in [-0.39, 0.29) is 67.2 Å². The Kier molecular flexibility index (Phi) is 27.8. The molecule has 0 aliphatic heterocycles. The molecular weight excluding hydrogens is 352 g/mol. The molecule has 0 bridgehead atoms. The van der Waals surface area contributed by atoms with Crippen molar-refractivity contribution < 1.29 is 73.7 Å². The molecule has 1 amide bonds. The van der Waals surface area contributed by atoms with Crippen molar-refractivity contribution in [2.45, 2.75) is 6.92 Å². The van der Waals surface area contributed by atoms with E-state index in [0.29, 0.717) is 5.69 Å². The first-order chi connectivity index (χ1) is 6.39. The van der Waals surface area contributed by atoms with Gasteiger partial charge in [-0.1, -0.05) is 0 Å². The van der Waals surface area contributed by atoms with Crippen LogP contribution < -0.4 is 43.3 Å². The summed E-state index contributed by atoms with van der Waals surface area (Å²) in [5.74, 6) is -0.239. The van der Waals surface area contributed by atoms with Crippen LogP contribution in [-0.4, -0.2) is 51.6 Å². The molecule has 1 atom stereocenters. The number of benzene rings is 1. The van der Waals surface area contributed by atoms with Gasteiger partial charge < -0.3 is 27.4 Å². The van der Waals surface area contributed by atoms with E-state index in [9.17, 15) is 12.6 Å². The van der Waals surface area contributed by atoms with E-state index in [1.807, 2.05) is 0 Å². The van der Waals surface area contributed by atoms with Gasteiger partial charge >= 0.3 is 113 Å². The number of nitrogens with one attached hydrogen (secondary N) is 1. The van der Waals surface area contributed by atoms with Crippen LogP contribution in [0.1, 0.15) is 6.92 Å². The monoisotopic (exact) mass is 371 g/mol. The maximum atomic E-state index is 10.7. The molecule has 0 spiro atoms. The summed E-state index contributed by atoms with van der Waals surface area (Å²) in [6.07, 6.45) is 0. The molecule has 0 heterocycles. The largest absolute Gasteiger partial charge is 1.00 e. The Balaban J connectivity index is -0.0000000817. The molecule has 1 rings (SSSR count). The van der Waals surface area contributed by atoms with Crippen LogP contribution >= 0.6 is 0 Å². The van der Waals surface area contributed by atoms with Gasteiger partial charge in [-0.2, -0.15) is 0 Å². The summed E-state index contributed by atoms with van der Waals surface area (Å²) in [7, 11) is 0. The summed E-state index contributed by atoms with van der Waals surface area (Å²) in [6.45, 7) is 1.35. The molecule has 116 valence electrons. The average Bonchev–Trinajstić information content (AvgIpc) is 2.02. The van der Waals surface area contributed by atoms with Crippen molar-refractivity contribution in [2.75, 3.05) is 5.32 Å². The standard InChI is InChI=1S/C8H10AsNO4.Na.5H2O/c1-6(11)10-8-4-2-7(3-5-8)9(12,13)14;;;;;;/h2-5H,1H3,(H,10,11)(H2,12,13,14);;5*1H2/q;+1;;;;;/p-1. The Labute approximate surface area is 140 Å². The van der Waals surface area contributed by atoms with E-state index >= 15 is 0 Å². The molecule has 20 heavy (non-hydrogen) atoms. The number of hydrogen-bond donors (Lipinski definition) is 2. The summed E-state index contributed by atoms with van der Waals surface area (Å²) in [5.41, 5.74) is 0.491. The summed E-state index contributed by atoms with van der Waals surface area (Å²) in [6, 6.07) is 5.33. The molecule has 1 aromatic rings. The maximum Gasteiger partial charge on any atom is 1.00 e. The van der Waals surface area contributed by atoms with E-state index in [0.717, 1.165) is 0 Å². The van der Waals surface area contributed by atoms with Crippen molar-refractivity contribution in [3.63, 3.8) is 0 Å². The fourth-order valence-electron chi connectivity index (χ4n) is 0.936. The molecule has 12 N–H and O–H groups in total. The summed E-state index contributed by atoms with van der Waals surface area (Å²) >= 11 is -5.03. The topological polar surface area (TPSA) is 247 Å². The van der Waals surface area contributed by atoms with Gasteiger partial charge in [-0.15, -0.1) is 0 Å². The Bertz CT molecular complexity index is 393. The summed E-state index contributed by atoms with van der Waals surface area (Å²) in [4.78, 5) is 10.6.